The van der Waals surface area contributed by atoms with Gasteiger partial charge in [-0.05, 0) is 38.1 Å². The van der Waals surface area contributed by atoms with Crippen LogP contribution in [0.4, 0.5) is 0 Å². The van der Waals surface area contributed by atoms with Crippen LogP contribution in [0.1, 0.15) is 36.5 Å². The average Bonchev–Trinajstić information content (AvgIpc) is 2.92. The van der Waals surface area contributed by atoms with Gasteiger partial charge in [0.25, 0.3) is 0 Å². The van der Waals surface area contributed by atoms with Gasteiger partial charge in [-0.3, -0.25) is 9.69 Å². The maximum atomic E-state index is 13.5. The molecule has 39 heavy (non-hydrogen) atoms. The van der Waals surface area contributed by atoms with E-state index in [0.717, 1.165) is 12.1 Å². The first-order valence-electron chi connectivity index (χ1n) is 13.0. The fourth-order valence-corrected chi connectivity index (χ4v) is 4.83. The molecule has 1 unspecified atom stereocenters. The minimum Gasteiger partial charge on any atom is -0.489 e. The second-order valence-corrected chi connectivity index (χ2v) is 9.67. The molecule has 0 spiro atoms. The number of nitrogens with one attached hydrogen (secondary N) is 1. The minimum atomic E-state index is -0.731. The van der Waals surface area contributed by atoms with Crippen LogP contribution in [0.25, 0.3) is 0 Å². The van der Waals surface area contributed by atoms with Crippen molar-refractivity contribution in [3.63, 3.8) is 0 Å². The van der Waals surface area contributed by atoms with E-state index in [9.17, 15) is 9.59 Å². The Balaban J connectivity index is 1.56. The Morgan fingerprint density at radius 1 is 0.846 bits per heavy atom. The molecule has 0 bridgehead atoms. The van der Waals surface area contributed by atoms with Crippen molar-refractivity contribution in [1.82, 2.24) is 10.2 Å². The van der Waals surface area contributed by atoms with Crippen molar-refractivity contribution in [1.29, 1.82) is 0 Å². The van der Waals surface area contributed by atoms with E-state index in [1.165, 1.54) is 5.56 Å². The molecule has 4 rings (SSSR count). The van der Waals surface area contributed by atoms with Crippen molar-refractivity contribution >= 4 is 11.9 Å². The number of carbonyl (C=O) groups is 2. The van der Waals surface area contributed by atoms with E-state index in [1.54, 1.807) is 13.8 Å². The highest BCUT2D eigenvalue weighted by Crippen LogP contribution is 2.42. The summed E-state index contributed by atoms with van der Waals surface area (Å²) in [6, 6.07) is 27.3. The average molecular weight is 526 g/mol. The summed E-state index contributed by atoms with van der Waals surface area (Å²) in [5, 5.41) is 3.16. The molecule has 1 amide bonds. The molecule has 0 saturated heterocycles. The molecule has 0 aromatic heterocycles. The molecule has 7 heteroatoms. The normalized spacial score (nSPS) is 15.2. The lowest BCUT2D eigenvalue weighted by atomic mass is 9.79. The van der Waals surface area contributed by atoms with E-state index in [1.807, 2.05) is 79.8 Å². The zero-order valence-electron chi connectivity index (χ0n) is 22.6. The van der Waals surface area contributed by atoms with Crippen molar-refractivity contribution in [3.8, 4) is 5.75 Å². The Hall–Kier alpha value is -4.36. The summed E-state index contributed by atoms with van der Waals surface area (Å²) in [6.07, 6.45) is 0. The number of esters is 1. The number of nitrogens with zero attached hydrogens (tertiary/aromatic N) is 1. The van der Waals surface area contributed by atoms with Crippen LogP contribution in [0, 0.1) is 0 Å². The minimum absolute atomic E-state index is 0.201. The second kappa shape index (κ2) is 12.9. The standard InChI is InChI=1S/C32H35N3O4/c1-22-28(31(33)36)30(26-16-10-11-17-27(26)39-21-25-14-8-5-9-15-25)29(23(2)34-22)32(37)38-19-18-35(3)20-24-12-6-4-7-13-24/h4-17,30,34H,18-21H2,1-3H3,(H2,33,36). The van der Waals surface area contributed by atoms with Gasteiger partial charge >= 0.3 is 5.97 Å². The van der Waals surface area contributed by atoms with Gasteiger partial charge < -0.3 is 20.5 Å². The predicted octanol–water partition coefficient (Wildman–Crippen LogP) is 4.66. The molecule has 3 aromatic carbocycles. The van der Waals surface area contributed by atoms with Gasteiger partial charge in [-0.1, -0.05) is 78.9 Å². The van der Waals surface area contributed by atoms with E-state index in [-0.39, 0.29) is 6.61 Å². The van der Waals surface area contributed by atoms with Crippen LogP contribution in [0.2, 0.25) is 0 Å². The number of amides is 1. The summed E-state index contributed by atoms with van der Waals surface area (Å²) in [5.74, 6) is -1.27. The lowest BCUT2D eigenvalue weighted by Crippen LogP contribution is -2.35. The topological polar surface area (TPSA) is 93.9 Å². The Kier molecular flexibility index (Phi) is 9.18. The van der Waals surface area contributed by atoms with Gasteiger partial charge in [0, 0.05) is 35.6 Å². The lowest BCUT2D eigenvalue weighted by molar-refractivity contribution is -0.139. The zero-order chi connectivity index (χ0) is 27.8. The van der Waals surface area contributed by atoms with E-state index >= 15 is 0 Å². The Morgan fingerprint density at radius 2 is 1.44 bits per heavy atom. The first kappa shape index (κ1) is 27.7. The van der Waals surface area contributed by atoms with Crippen LogP contribution in [0.5, 0.6) is 5.75 Å². The Labute approximate surface area is 229 Å². The fourth-order valence-electron chi connectivity index (χ4n) is 4.83. The fraction of sp³-hybridized carbons (Fsp3) is 0.250. The molecule has 0 saturated carbocycles. The number of benzene rings is 3. The molecule has 0 fully saturated rings. The molecule has 1 aliphatic heterocycles. The number of carbonyl (C=O) groups excluding carboxylic acids is 2. The molecule has 1 heterocycles. The summed E-state index contributed by atoms with van der Waals surface area (Å²) in [5.41, 5.74) is 10.6. The highest BCUT2D eigenvalue weighted by atomic mass is 16.5. The van der Waals surface area contributed by atoms with Crippen molar-refractivity contribution in [2.45, 2.75) is 32.9 Å². The number of allylic oxidation sites excluding steroid dienone is 2. The van der Waals surface area contributed by atoms with Crippen LogP contribution in [-0.2, 0) is 27.5 Å². The number of dihydropyridines is 1. The number of rotatable bonds is 11. The quantitative estimate of drug-likeness (QED) is 0.354. The Morgan fingerprint density at radius 3 is 2.10 bits per heavy atom. The lowest BCUT2D eigenvalue weighted by Gasteiger charge is -2.31. The number of nitrogens with two attached hydrogens (primary N) is 1. The van der Waals surface area contributed by atoms with E-state index in [0.29, 0.717) is 47.0 Å². The first-order valence-corrected chi connectivity index (χ1v) is 13.0. The molecular formula is C32H35N3O4. The number of likely N-dealkylation sites (N-methyl/N-ethyl adjacent to an activating group) is 1. The summed E-state index contributed by atoms with van der Waals surface area (Å²) in [7, 11) is 1.98. The van der Waals surface area contributed by atoms with Crippen LogP contribution in [0.15, 0.2) is 107 Å². The van der Waals surface area contributed by atoms with Crippen LogP contribution >= 0.6 is 0 Å². The van der Waals surface area contributed by atoms with Crippen LogP contribution in [-0.4, -0.2) is 37.0 Å². The van der Waals surface area contributed by atoms with Crippen LogP contribution in [0.3, 0.4) is 0 Å². The number of primary amides is 1. The summed E-state index contributed by atoms with van der Waals surface area (Å²) >= 11 is 0. The third kappa shape index (κ3) is 6.94. The summed E-state index contributed by atoms with van der Waals surface area (Å²) in [6.45, 7) is 5.42. The van der Waals surface area contributed by atoms with E-state index < -0.39 is 17.8 Å². The number of hydrogen-bond acceptors (Lipinski definition) is 6. The second-order valence-electron chi connectivity index (χ2n) is 9.67. The van der Waals surface area contributed by atoms with Crippen molar-refractivity contribution < 1.29 is 19.1 Å². The van der Waals surface area contributed by atoms with E-state index in [4.69, 9.17) is 15.2 Å². The smallest absolute Gasteiger partial charge is 0.336 e. The highest BCUT2D eigenvalue weighted by molar-refractivity contribution is 6.01. The first-order chi connectivity index (χ1) is 18.8. The molecule has 3 N–H and O–H groups in total. The number of para-hydroxylation sites is 1. The third-order valence-electron chi connectivity index (χ3n) is 6.71. The number of hydrogen-bond donors (Lipinski definition) is 2. The summed E-state index contributed by atoms with van der Waals surface area (Å²) in [4.78, 5) is 28.3. The monoisotopic (exact) mass is 525 g/mol. The molecule has 0 radical (unpaired) electrons. The van der Waals surface area contributed by atoms with Crippen molar-refractivity contribution in [3.05, 3.63) is 124 Å². The number of ether oxygens (including phenoxy) is 2. The molecule has 1 aliphatic rings. The predicted molar refractivity (Wildman–Crippen MR) is 151 cm³/mol. The van der Waals surface area contributed by atoms with Gasteiger partial charge in [-0.2, -0.15) is 0 Å². The maximum Gasteiger partial charge on any atom is 0.336 e. The molecule has 202 valence electrons. The molecular weight excluding hydrogens is 490 g/mol. The van der Waals surface area contributed by atoms with Crippen molar-refractivity contribution in [2.24, 2.45) is 5.73 Å². The van der Waals surface area contributed by atoms with Crippen LogP contribution < -0.4 is 15.8 Å². The molecule has 0 aliphatic carbocycles. The zero-order valence-corrected chi connectivity index (χ0v) is 22.6. The van der Waals surface area contributed by atoms with Gasteiger partial charge in [0.05, 0.1) is 11.5 Å². The SMILES string of the molecule is CC1=C(C(N)=O)C(c2ccccc2OCc2ccccc2)C(C(=O)OCCN(C)Cc2ccccc2)=C(C)N1. The summed E-state index contributed by atoms with van der Waals surface area (Å²) < 4.78 is 11.9. The molecule has 1 atom stereocenters. The van der Waals surface area contributed by atoms with Gasteiger partial charge in [0.15, 0.2) is 0 Å². The van der Waals surface area contributed by atoms with Gasteiger partial charge in [-0.25, -0.2) is 4.79 Å². The van der Waals surface area contributed by atoms with Gasteiger partial charge in [0.1, 0.15) is 19.0 Å². The van der Waals surface area contributed by atoms with Gasteiger partial charge in [0.2, 0.25) is 5.91 Å². The largest absolute Gasteiger partial charge is 0.489 e. The molecule has 3 aromatic rings. The third-order valence-corrected chi connectivity index (χ3v) is 6.71. The van der Waals surface area contributed by atoms with Gasteiger partial charge in [-0.15, -0.1) is 0 Å². The van der Waals surface area contributed by atoms with E-state index in [2.05, 4.69) is 22.3 Å². The van der Waals surface area contributed by atoms with Crippen molar-refractivity contribution in [2.75, 3.05) is 20.2 Å². The maximum absolute atomic E-state index is 13.5. The Bertz CT molecular complexity index is 1370. The highest BCUT2D eigenvalue weighted by Gasteiger charge is 2.38. The molecule has 7 nitrogen and oxygen atoms in total.